The number of nitrogens with two attached hydrogens (primary N) is 1. The van der Waals surface area contributed by atoms with Gasteiger partial charge in [-0.25, -0.2) is 4.79 Å². The van der Waals surface area contributed by atoms with Crippen LogP contribution < -0.4 is 11.1 Å². The molecule has 0 radical (unpaired) electrons. The molecule has 2 amide bonds. The Labute approximate surface area is 208 Å². The number of carbonyl (C=O) groups is 3. The normalized spacial score (nSPS) is 22.3. The van der Waals surface area contributed by atoms with E-state index in [9.17, 15) is 19.5 Å². The predicted molar refractivity (Wildman–Crippen MR) is 128 cm³/mol. The molecular formula is C21H24N8O4S2. The molecule has 2 aromatic rings. The molecule has 35 heavy (non-hydrogen) atoms. The summed E-state index contributed by atoms with van der Waals surface area (Å²) in [6, 6.07) is 2.75. The summed E-state index contributed by atoms with van der Waals surface area (Å²) in [6.07, 6.45) is 4.12. The van der Waals surface area contributed by atoms with Gasteiger partial charge in [0, 0.05) is 24.5 Å². The highest BCUT2D eigenvalue weighted by atomic mass is 32.2. The molecule has 184 valence electrons. The Kier molecular flexibility index (Phi) is 6.75. The van der Waals surface area contributed by atoms with Gasteiger partial charge in [0.05, 0.1) is 0 Å². The minimum Gasteiger partial charge on any atom is -0.477 e. The largest absolute Gasteiger partial charge is 0.477 e. The molecule has 5 rings (SSSR count). The summed E-state index contributed by atoms with van der Waals surface area (Å²) in [6.45, 7) is 0.448. The molecule has 2 atom stereocenters. The van der Waals surface area contributed by atoms with Gasteiger partial charge >= 0.3 is 5.97 Å². The number of fused-ring (bicyclic) bond motifs is 2. The van der Waals surface area contributed by atoms with E-state index < -0.39 is 23.3 Å². The molecule has 1 saturated heterocycles. The number of aromatic nitrogens is 5. The van der Waals surface area contributed by atoms with Crippen molar-refractivity contribution in [3.05, 3.63) is 34.5 Å². The van der Waals surface area contributed by atoms with Crippen LogP contribution in [0.25, 0.3) is 5.65 Å². The predicted octanol–water partition coefficient (Wildman–Crippen LogP) is 0.569. The van der Waals surface area contributed by atoms with E-state index in [4.69, 9.17) is 5.73 Å². The number of hydrogen-bond donors (Lipinski definition) is 3. The van der Waals surface area contributed by atoms with E-state index in [1.165, 1.54) is 33.1 Å². The monoisotopic (exact) mass is 516 g/mol. The lowest BCUT2D eigenvalue weighted by Crippen LogP contribution is -2.70. The zero-order valence-electron chi connectivity index (χ0n) is 18.7. The lowest BCUT2D eigenvalue weighted by Gasteiger charge is -2.49. The van der Waals surface area contributed by atoms with Crippen molar-refractivity contribution in [2.24, 2.45) is 5.73 Å². The number of carboxylic acid groups (broad SMARTS) is 1. The van der Waals surface area contributed by atoms with Crippen LogP contribution in [0.4, 0.5) is 0 Å². The SMILES string of the molecule is NCC1=C(CC(=O)NC2C(=O)N3C(C(=O)O)=C(CSc4ccc5nnnn5n4)CS[C@@H]23)CCCC1. The molecule has 0 bridgehead atoms. The van der Waals surface area contributed by atoms with Crippen molar-refractivity contribution in [1.82, 2.24) is 35.5 Å². The summed E-state index contributed by atoms with van der Waals surface area (Å²) in [4.78, 5) is 39.0. The Hall–Kier alpha value is -2.97. The van der Waals surface area contributed by atoms with Crippen molar-refractivity contribution >= 4 is 47.0 Å². The van der Waals surface area contributed by atoms with Crippen LogP contribution in [0.15, 0.2) is 39.6 Å². The van der Waals surface area contributed by atoms with Gasteiger partial charge in [0.1, 0.15) is 22.1 Å². The lowest BCUT2D eigenvalue weighted by molar-refractivity contribution is -0.150. The van der Waals surface area contributed by atoms with Crippen molar-refractivity contribution in [1.29, 1.82) is 0 Å². The van der Waals surface area contributed by atoms with Crippen LogP contribution in [-0.4, -0.2) is 82.5 Å². The Bertz CT molecular complexity index is 1260. The number of rotatable bonds is 8. The summed E-state index contributed by atoms with van der Waals surface area (Å²) in [7, 11) is 0. The van der Waals surface area contributed by atoms with Gasteiger partial charge in [-0.3, -0.25) is 14.5 Å². The maximum absolute atomic E-state index is 12.9. The van der Waals surface area contributed by atoms with Crippen molar-refractivity contribution in [3.8, 4) is 0 Å². The zero-order valence-corrected chi connectivity index (χ0v) is 20.3. The quantitative estimate of drug-likeness (QED) is 0.255. The van der Waals surface area contributed by atoms with Crippen molar-refractivity contribution in [2.75, 3.05) is 18.1 Å². The summed E-state index contributed by atoms with van der Waals surface area (Å²) in [5, 5.41) is 28.3. The third-order valence-electron chi connectivity index (χ3n) is 6.33. The second-order valence-electron chi connectivity index (χ2n) is 8.49. The second-order valence-corrected chi connectivity index (χ2v) is 10.6. The fourth-order valence-corrected chi connectivity index (χ4v) is 6.91. The van der Waals surface area contributed by atoms with E-state index in [2.05, 4.69) is 25.9 Å². The molecular weight excluding hydrogens is 492 g/mol. The van der Waals surface area contributed by atoms with E-state index in [0.717, 1.165) is 36.8 Å². The number of carboxylic acids is 1. The topological polar surface area (TPSA) is 169 Å². The summed E-state index contributed by atoms with van der Waals surface area (Å²) >= 11 is 2.80. The lowest BCUT2D eigenvalue weighted by atomic mass is 9.89. The highest BCUT2D eigenvalue weighted by molar-refractivity contribution is 8.01. The average molecular weight is 517 g/mol. The first-order chi connectivity index (χ1) is 17.0. The van der Waals surface area contributed by atoms with Gasteiger partial charge in [-0.2, -0.15) is 0 Å². The molecule has 4 heterocycles. The van der Waals surface area contributed by atoms with E-state index in [1.54, 1.807) is 12.1 Å². The minimum absolute atomic E-state index is 0.0133. The molecule has 2 aromatic heterocycles. The Morgan fingerprint density at radius 3 is 2.80 bits per heavy atom. The van der Waals surface area contributed by atoms with Crippen LogP contribution in [0.2, 0.25) is 0 Å². The van der Waals surface area contributed by atoms with Crippen LogP contribution in [0, 0.1) is 0 Å². The molecule has 14 heteroatoms. The zero-order chi connectivity index (χ0) is 24.5. The fraction of sp³-hybridized carbons (Fsp3) is 0.476. The first kappa shape index (κ1) is 23.8. The van der Waals surface area contributed by atoms with Gasteiger partial charge in [0.15, 0.2) is 5.65 Å². The number of carbonyl (C=O) groups excluding carboxylic acids is 2. The Morgan fingerprint density at radius 2 is 2.03 bits per heavy atom. The molecule has 0 spiro atoms. The van der Waals surface area contributed by atoms with Crippen LogP contribution in [0.3, 0.4) is 0 Å². The number of β-lactam (4-membered cyclic amide) rings is 1. The van der Waals surface area contributed by atoms with E-state index in [1.807, 2.05) is 0 Å². The standard InChI is InChI=1S/C21H24N8O4S2/c22-8-12-4-2-1-3-11(12)7-15(30)23-17-19(31)28-18(21(32)33)13(10-35-20(17)28)9-34-16-6-5-14-24-26-27-29(14)25-16/h5-6,17,20H,1-4,7-10,22H2,(H,23,30)(H,32,33)/t17?,20-/m0/s1. The Balaban J connectivity index is 1.25. The third kappa shape index (κ3) is 4.65. The summed E-state index contributed by atoms with van der Waals surface area (Å²) in [5.74, 6) is -1.00. The Morgan fingerprint density at radius 1 is 1.23 bits per heavy atom. The number of amides is 2. The second kappa shape index (κ2) is 9.95. The maximum Gasteiger partial charge on any atom is 0.352 e. The molecule has 1 aliphatic carbocycles. The summed E-state index contributed by atoms with van der Waals surface area (Å²) < 4.78 is 1.30. The number of thioether (sulfide) groups is 2. The van der Waals surface area contributed by atoms with Crippen molar-refractivity contribution < 1.29 is 19.5 Å². The fourth-order valence-electron chi connectivity index (χ4n) is 4.57. The molecule has 1 fully saturated rings. The molecule has 4 N–H and O–H groups in total. The van der Waals surface area contributed by atoms with Crippen molar-refractivity contribution in [3.63, 3.8) is 0 Å². The molecule has 1 unspecified atom stereocenters. The molecule has 0 saturated carbocycles. The minimum atomic E-state index is -1.16. The van der Waals surface area contributed by atoms with E-state index >= 15 is 0 Å². The third-order valence-corrected chi connectivity index (χ3v) is 8.68. The van der Waals surface area contributed by atoms with Crippen molar-refractivity contribution in [2.45, 2.75) is 48.5 Å². The van der Waals surface area contributed by atoms with Gasteiger partial charge in [0.25, 0.3) is 5.91 Å². The van der Waals surface area contributed by atoms with Gasteiger partial charge in [-0.1, -0.05) is 11.1 Å². The van der Waals surface area contributed by atoms with Gasteiger partial charge in [-0.15, -0.1) is 38.4 Å². The van der Waals surface area contributed by atoms with Gasteiger partial charge in [-0.05, 0) is 53.8 Å². The summed E-state index contributed by atoms with van der Waals surface area (Å²) in [5.41, 5.74) is 9.14. The molecule has 2 aliphatic heterocycles. The van der Waals surface area contributed by atoms with Crippen LogP contribution in [-0.2, 0) is 14.4 Å². The van der Waals surface area contributed by atoms with Crippen LogP contribution >= 0.6 is 23.5 Å². The molecule has 3 aliphatic rings. The highest BCUT2D eigenvalue weighted by Gasteiger charge is 2.54. The number of hydrogen-bond acceptors (Lipinski definition) is 10. The maximum atomic E-state index is 12.9. The highest BCUT2D eigenvalue weighted by Crippen LogP contribution is 2.41. The molecule has 0 aromatic carbocycles. The van der Waals surface area contributed by atoms with E-state index in [0.29, 0.717) is 34.3 Å². The van der Waals surface area contributed by atoms with Gasteiger partial charge in [0.2, 0.25) is 5.91 Å². The molecule has 12 nitrogen and oxygen atoms in total. The van der Waals surface area contributed by atoms with Crippen LogP contribution in [0.5, 0.6) is 0 Å². The first-order valence-corrected chi connectivity index (χ1v) is 13.3. The van der Waals surface area contributed by atoms with E-state index in [-0.39, 0.29) is 18.0 Å². The number of nitrogens with zero attached hydrogens (tertiary/aromatic N) is 6. The number of tetrazole rings is 1. The van der Waals surface area contributed by atoms with Crippen LogP contribution in [0.1, 0.15) is 32.1 Å². The van der Waals surface area contributed by atoms with Gasteiger partial charge < -0.3 is 16.2 Å². The first-order valence-electron chi connectivity index (χ1n) is 11.2. The number of aliphatic carboxylic acids is 1. The number of nitrogens with one attached hydrogen (secondary N) is 1. The smallest absolute Gasteiger partial charge is 0.352 e. The average Bonchev–Trinajstić information content (AvgIpc) is 3.33.